The van der Waals surface area contributed by atoms with Crippen molar-refractivity contribution >= 4 is 23.3 Å². The fourth-order valence-electron chi connectivity index (χ4n) is 2.69. The van der Waals surface area contributed by atoms with Gasteiger partial charge in [-0.25, -0.2) is 9.78 Å². The van der Waals surface area contributed by atoms with E-state index in [0.29, 0.717) is 30.9 Å². The summed E-state index contributed by atoms with van der Waals surface area (Å²) in [5.41, 5.74) is 0.638. The van der Waals surface area contributed by atoms with Gasteiger partial charge >= 0.3 is 11.9 Å². The molecule has 0 aliphatic carbocycles. The molecule has 2 aromatic heterocycles. The number of thiophene rings is 1. The molecule has 1 aliphatic heterocycles. The maximum absolute atomic E-state index is 11.7. The van der Waals surface area contributed by atoms with Crippen molar-refractivity contribution in [3.05, 3.63) is 28.9 Å². The van der Waals surface area contributed by atoms with Gasteiger partial charge in [0, 0.05) is 13.0 Å². The first kappa shape index (κ1) is 13.8. The highest BCUT2D eigenvalue weighted by atomic mass is 32.1. The molecule has 0 bridgehead atoms. The largest absolute Gasteiger partial charge is 0.476 e. The molecule has 0 spiro atoms. The van der Waals surface area contributed by atoms with Gasteiger partial charge in [0.25, 0.3) is 0 Å². The first-order chi connectivity index (χ1) is 10.1. The molecule has 110 valence electrons. The maximum atomic E-state index is 11.7. The lowest BCUT2D eigenvalue weighted by atomic mass is 9.95. The number of fused-ring (bicyclic) bond motifs is 1. The normalized spacial score (nSPS) is 17.3. The molecule has 2 aromatic rings. The number of aromatic nitrogens is 2. The van der Waals surface area contributed by atoms with Gasteiger partial charge in [-0.1, -0.05) is 6.07 Å². The molecule has 6 nitrogen and oxygen atoms in total. The van der Waals surface area contributed by atoms with Crippen LogP contribution in [0.15, 0.2) is 17.5 Å². The summed E-state index contributed by atoms with van der Waals surface area (Å²) in [6.07, 6.45) is 0.986. The van der Waals surface area contributed by atoms with E-state index in [1.807, 2.05) is 22.1 Å². The van der Waals surface area contributed by atoms with Crippen molar-refractivity contribution in [3.8, 4) is 10.7 Å². The van der Waals surface area contributed by atoms with Crippen LogP contribution >= 0.6 is 11.3 Å². The fourth-order valence-corrected chi connectivity index (χ4v) is 3.41. The molecule has 1 aliphatic rings. The van der Waals surface area contributed by atoms with E-state index in [0.717, 1.165) is 4.88 Å². The Bertz CT molecular complexity index is 690. The Morgan fingerprint density at radius 1 is 1.52 bits per heavy atom. The second-order valence-corrected chi connectivity index (χ2v) is 5.83. The number of carbonyl (C=O) groups is 2. The van der Waals surface area contributed by atoms with E-state index in [4.69, 9.17) is 4.74 Å². The number of aromatic carboxylic acids is 1. The van der Waals surface area contributed by atoms with Crippen molar-refractivity contribution in [3.63, 3.8) is 0 Å². The molecule has 0 saturated carbocycles. The molecule has 1 unspecified atom stereocenters. The molecule has 1 N–H and O–H groups in total. The van der Waals surface area contributed by atoms with Gasteiger partial charge in [0.1, 0.15) is 0 Å². The van der Waals surface area contributed by atoms with E-state index >= 15 is 0 Å². The SMILES string of the molecule is COC(=O)C1CCn2c(-c3cccs3)nc(C(=O)O)c2C1. The van der Waals surface area contributed by atoms with Crippen LogP contribution in [0.1, 0.15) is 22.6 Å². The highest BCUT2D eigenvalue weighted by Gasteiger charge is 2.32. The number of carbonyl (C=O) groups excluding carboxylic acids is 1. The lowest BCUT2D eigenvalue weighted by Gasteiger charge is -2.23. The van der Waals surface area contributed by atoms with E-state index < -0.39 is 5.97 Å². The highest BCUT2D eigenvalue weighted by molar-refractivity contribution is 7.13. The monoisotopic (exact) mass is 306 g/mol. The fraction of sp³-hybridized carbons (Fsp3) is 0.357. The molecular formula is C14H14N2O4S. The zero-order chi connectivity index (χ0) is 15.0. The van der Waals surface area contributed by atoms with Crippen molar-refractivity contribution in [2.45, 2.75) is 19.4 Å². The van der Waals surface area contributed by atoms with E-state index in [-0.39, 0.29) is 17.6 Å². The standard InChI is InChI=1S/C14H14N2O4S/c1-20-14(19)8-4-5-16-9(7-8)11(13(17)18)15-12(16)10-3-2-6-21-10/h2-3,6,8H,4-5,7H2,1H3,(H,17,18). The summed E-state index contributed by atoms with van der Waals surface area (Å²) in [6.45, 7) is 0.572. The van der Waals surface area contributed by atoms with Gasteiger partial charge in [0.2, 0.25) is 0 Å². The van der Waals surface area contributed by atoms with Gasteiger partial charge in [0.15, 0.2) is 11.5 Å². The Morgan fingerprint density at radius 2 is 2.33 bits per heavy atom. The third-order valence-electron chi connectivity index (χ3n) is 3.69. The quantitative estimate of drug-likeness (QED) is 0.878. The number of esters is 1. The Kier molecular flexibility index (Phi) is 3.50. The van der Waals surface area contributed by atoms with E-state index in [2.05, 4.69) is 4.98 Å². The molecule has 0 saturated heterocycles. The summed E-state index contributed by atoms with van der Waals surface area (Å²) in [7, 11) is 1.35. The molecule has 3 heterocycles. The van der Waals surface area contributed by atoms with Crippen LogP contribution in [0.25, 0.3) is 10.7 Å². The summed E-state index contributed by atoms with van der Waals surface area (Å²) < 4.78 is 6.68. The molecule has 0 amide bonds. The molecule has 0 aromatic carbocycles. The minimum absolute atomic E-state index is 0.0343. The van der Waals surface area contributed by atoms with E-state index in [1.165, 1.54) is 18.4 Å². The smallest absolute Gasteiger partial charge is 0.356 e. The molecule has 21 heavy (non-hydrogen) atoms. The predicted molar refractivity (Wildman–Crippen MR) is 76.3 cm³/mol. The van der Waals surface area contributed by atoms with Gasteiger partial charge in [-0.2, -0.15) is 0 Å². The van der Waals surface area contributed by atoms with Crippen LogP contribution < -0.4 is 0 Å². The van der Waals surface area contributed by atoms with Gasteiger partial charge in [-0.3, -0.25) is 4.79 Å². The second-order valence-electron chi connectivity index (χ2n) is 4.88. The van der Waals surface area contributed by atoms with Crippen molar-refractivity contribution in [1.82, 2.24) is 9.55 Å². The van der Waals surface area contributed by atoms with Gasteiger partial charge in [-0.05, 0) is 17.9 Å². The maximum Gasteiger partial charge on any atom is 0.356 e. The van der Waals surface area contributed by atoms with Crippen molar-refractivity contribution < 1.29 is 19.4 Å². The van der Waals surface area contributed by atoms with Crippen LogP contribution in [-0.4, -0.2) is 33.7 Å². The number of methoxy groups -OCH3 is 1. The predicted octanol–water partition coefficient (Wildman–Crippen LogP) is 2.05. The van der Waals surface area contributed by atoms with Crippen LogP contribution in [0.5, 0.6) is 0 Å². The molecule has 3 rings (SSSR count). The number of imidazole rings is 1. The summed E-state index contributed by atoms with van der Waals surface area (Å²) in [5.74, 6) is -0.988. The average Bonchev–Trinajstić information content (AvgIpc) is 3.12. The number of rotatable bonds is 3. The topological polar surface area (TPSA) is 81.4 Å². The Labute approximate surface area is 125 Å². The van der Waals surface area contributed by atoms with E-state index in [1.54, 1.807) is 0 Å². The zero-order valence-electron chi connectivity index (χ0n) is 11.4. The molecule has 1 atom stereocenters. The van der Waals surface area contributed by atoms with Crippen LogP contribution in [0.3, 0.4) is 0 Å². The second kappa shape index (κ2) is 5.33. The Hall–Kier alpha value is -2.15. The van der Waals surface area contributed by atoms with Crippen LogP contribution in [0.2, 0.25) is 0 Å². The van der Waals surface area contributed by atoms with Crippen LogP contribution in [0.4, 0.5) is 0 Å². The van der Waals surface area contributed by atoms with E-state index in [9.17, 15) is 14.7 Å². The lowest BCUT2D eigenvalue weighted by Crippen LogP contribution is -2.27. The molecule has 7 heteroatoms. The first-order valence-corrected chi connectivity index (χ1v) is 7.44. The number of hydrogen-bond acceptors (Lipinski definition) is 5. The minimum atomic E-state index is -1.06. The number of carboxylic acid groups (broad SMARTS) is 1. The summed E-state index contributed by atoms with van der Waals surface area (Å²) in [6, 6.07) is 3.82. The first-order valence-electron chi connectivity index (χ1n) is 6.56. The number of nitrogens with zero attached hydrogens (tertiary/aromatic N) is 2. The number of hydrogen-bond donors (Lipinski definition) is 1. The minimum Gasteiger partial charge on any atom is -0.476 e. The third kappa shape index (κ3) is 2.33. The van der Waals surface area contributed by atoms with Gasteiger partial charge in [-0.15, -0.1) is 11.3 Å². The van der Waals surface area contributed by atoms with Crippen LogP contribution in [-0.2, 0) is 22.5 Å². The van der Waals surface area contributed by atoms with Crippen LogP contribution in [0, 0.1) is 5.92 Å². The summed E-state index contributed by atoms with van der Waals surface area (Å²) in [5, 5.41) is 11.3. The zero-order valence-corrected chi connectivity index (χ0v) is 12.2. The lowest BCUT2D eigenvalue weighted by molar-refractivity contribution is -0.146. The van der Waals surface area contributed by atoms with Crippen molar-refractivity contribution in [2.75, 3.05) is 7.11 Å². The molecule has 0 fully saturated rings. The summed E-state index contributed by atoms with van der Waals surface area (Å²) in [4.78, 5) is 28.3. The number of carboxylic acids is 1. The van der Waals surface area contributed by atoms with Crippen molar-refractivity contribution in [1.29, 1.82) is 0 Å². The Morgan fingerprint density at radius 3 is 2.95 bits per heavy atom. The third-order valence-corrected chi connectivity index (χ3v) is 4.56. The molecular weight excluding hydrogens is 292 g/mol. The van der Waals surface area contributed by atoms with Gasteiger partial charge < -0.3 is 14.4 Å². The highest BCUT2D eigenvalue weighted by Crippen LogP contribution is 2.32. The van der Waals surface area contributed by atoms with Crippen molar-refractivity contribution in [2.24, 2.45) is 5.92 Å². The Balaban J connectivity index is 2.06. The molecule has 0 radical (unpaired) electrons. The number of ether oxygens (including phenoxy) is 1. The summed E-state index contributed by atoms with van der Waals surface area (Å²) >= 11 is 1.52. The van der Waals surface area contributed by atoms with Gasteiger partial charge in [0.05, 0.1) is 23.6 Å². The average molecular weight is 306 g/mol.